The molecular formula is C17H13Cl2NO4. The fraction of sp³-hybridized carbons (Fsp3) is 0.176. The van der Waals surface area contributed by atoms with Crippen LogP contribution in [-0.4, -0.2) is 30.4 Å². The number of benzene rings is 2. The Bertz CT molecular complexity index is 761. The Balaban J connectivity index is 1.81. The molecule has 5 nitrogen and oxygen atoms in total. The van der Waals surface area contributed by atoms with Crippen LogP contribution in [0.4, 0.5) is 5.69 Å². The van der Waals surface area contributed by atoms with Gasteiger partial charge < -0.3 is 9.47 Å². The van der Waals surface area contributed by atoms with E-state index < -0.39 is 17.4 Å². The van der Waals surface area contributed by atoms with Crippen LogP contribution in [0.2, 0.25) is 5.02 Å². The highest BCUT2D eigenvalue weighted by molar-refractivity contribution is 6.66. The fourth-order valence-corrected chi connectivity index (χ4v) is 2.83. The van der Waals surface area contributed by atoms with Gasteiger partial charge in [0.25, 0.3) is 5.91 Å². The molecule has 0 bridgehead atoms. The quantitative estimate of drug-likeness (QED) is 0.602. The Morgan fingerprint density at radius 3 is 2.17 bits per heavy atom. The number of ether oxygens (including phenoxy) is 2. The fourth-order valence-electron chi connectivity index (χ4n) is 2.49. The Hall–Kier alpha value is -2.24. The van der Waals surface area contributed by atoms with Gasteiger partial charge in [-0.1, -0.05) is 11.6 Å². The van der Waals surface area contributed by atoms with E-state index in [2.05, 4.69) is 0 Å². The van der Waals surface area contributed by atoms with Crippen molar-refractivity contribution in [2.45, 2.75) is 12.1 Å². The van der Waals surface area contributed by atoms with Crippen LogP contribution in [0.25, 0.3) is 0 Å². The second kappa shape index (κ2) is 6.71. The van der Waals surface area contributed by atoms with Crippen LogP contribution < -0.4 is 14.4 Å². The molecule has 2 aromatic carbocycles. The number of halogens is 2. The Morgan fingerprint density at radius 2 is 1.62 bits per heavy atom. The molecule has 124 valence electrons. The average Bonchev–Trinajstić information content (AvgIpc) is 2.58. The summed E-state index contributed by atoms with van der Waals surface area (Å²) in [4.78, 5) is 25.5. The van der Waals surface area contributed by atoms with Crippen molar-refractivity contribution in [1.29, 1.82) is 0 Å². The number of carbonyl (C=O) groups excluding carboxylic acids is 2. The number of methoxy groups -OCH3 is 1. The Kier molecular flexibility index (Phi) is 4.64. The molecule has 0 aliphatic carbocycles. The van der Waals surface area contributed by atoms with Gasteiger partial charge in [0.15, 0.2) is 6.04 Å². The summed E-state index contributed by atoms with van der Waals surface area (Å²) in [7, 11) is 1.55. The van der Waals surface area contributed by atoms with E-state index in [0.29, 0.717) is 22.2 Å². The van der Waals surface area contributed by atoms with Crippen molar-refractivity contribution in [3.63, 3.8) is 0 Å². The Morgan fingerprint density at radius 1 is 1.04 bits per heavy atom. The van der Waals surface area contributed by atoms with E-state index in [9.17, 15) is 9.59 Å². The molecule has 0 spiro atoms. The molecule has 1 aliphatic heterocycles. The number of carbonyl (C=O) groups is 2. The van der Waals surface area contributed by atoms with Crippen LogP contribution in [-0.2, 0) is 9.59 Å². The summed E-state index contributed by atoms with van der Waals surface area (Å²) in [6.07, 6.45) is -0.960. The predicted molar refractivity (Wildman–Crippen MR) is 91.0 cm³/mol. The second-order valence-electron chi connectivity index (χ2n) is 5.15. The van der Waals surface area contributed by atoms with E-state index >= 15 is 0 Å². The van der Waals surface area contributed by atoms with Gasteiger partial charge in [0, 0.05) is 10.7 Å². The summed E-state index contributed by atoms with van der Waals surface area (Å²) in [5.41, 5.74) is 0.552. The highest BCUT2D eigenvalue weighted by Crippen LogP contribution is 2.33. The van der Waals surface area contributed by atoms with Gasteiger partial charge in [0.05, 0.1) is 7.11 Å². The van der Waals surface area contributed by atoms with Gasteiger partial charge in [-0.15, -0.1) is 0 Å². The van der Waals surface area contributed by atoms with Gasteiger partial charge in [-0.3, -0.25) is 14.5 Å². The van der Waals surface area contributed by atoms with Crippen molar-refractivity contribution in [2.24, 2.45) is 0 Å². The molecule has 2 atom stereocenters. The number of nitrogens with zero attached hydrogens (tertiary/aromatic N) is 1. The molecule has 0 saturated carbocycles. The van der Waals surface area contributed by atoms with Gasteiger partial charge in [-0.05, 0) is 60.1 Å². The number of amides is 1. The molecule has 3 rings (SSSR count). The van der Waals surface area contributed by atoms with E-state index in [0.717, 1.165) is 0 Å². The predicted octanol–water partition coefficient (Wildman–Crippen LogP) is 3.28. The second-order valence-corrected chi connectivity index (χ2v) is 5.96. The molecule has 0 radical (unpaired) electrons. The number of hydrogen-bond acceptors (Lipinski definition) is 4. The first kappa shape index (κ1) is 16.6. The lowest BCUT2D eigenvalue weighted by Crippen LogP contribution is -2.69. The zero-order valence-corrected chi connectivity index (χ0v) is 14.1. The smallest absolute Gasteiger partial charge is 0.271 e. The number of anilines is 1. The maximum atomic E-state index is 12.4. The van der Waals surface area contributed by atoms with E-state index in [1.165, 1.54) is 4.90 Å². The van der Waals surface area contributed by atoms with Crippen molar-refractivity contribution in [3.05, 3.63) is 53.6 Å². The lowest BCUT2D eigenvalue weighted by Gasteiger charge is -2.44. The average molecular weight is 366 g/mol. The van der Waals surface area contributed by atoms with E-state index in [1.807, 2.05) is 0 Å². The highest BCUT2D eigenvalue weighted by atomic mass is 35.5. The number of rotatable bonds is 5. The van der Waals surface area contributed by atoms with Crippen LogP contribution in [0.3, 0.4) is 0 Å². The number of β-lactam (4-membered cyclic amide) rings is 1. The van der Waals surface area contributed by atoms with Crippen LogP contribution in [0.15, 0.2) is 48.5 Å². The third kappa shape index (κ3) is 3.05. The molecule has 1 fully saturated rings. The van der Waals surface area contributed by atoms with Crippen LogP contribution in [0, 0.1) is 0 Å². The summed E-state index contributed by atoms with van der Waals surface area (Å²) >= 11 is 11.5. The molecule has 7 heteroatoms. The van der Waals surface area contributed by atoms with Crippen molar-refractivity contribution >= 4 is 40.0 Å². The minimum atomic E-state index is -0.960. The summed E-state index contributed by atoms with van der Waals surface area (Å²) in [6, 6.07) is 12.4. The molecule has 1 heterocycles. The topological polar surface area (TPSA) is 55.8 Å². The van der Waals surface area contributed by atoms with Gasteiger partial charge >= 0.3 is 0 Å². The summed E-state index contributed by atoms with van der Waals surface area (Å²) in [6.45, 7) is 0. The van der Waals surface area contributed by atoms with Crippen LogP contribution in [0.1, 0.15) is 0 Å². The summed E-state index contributed by atoms with van der Waals surface area (Å²) in [5.74, 6) is 0.749. The minimum absolute atomic E-state index is 0.339. The first-order valence-corrected chi connectivity index (χ1v) is 7.85. The normalized spacial score (nSPS) is 19.6. The molecule has 1 saturated heterocycles. The molecule has 24 heavy (non-hydrogen) atoms. The lowest BCUT2D eigenvalue weighted by atomic mass is 9.97. The van der Waals surface area contributed by atoms with E-state index in [-0.39, 0.29) is 5.91 Å². The van der Waals surface area contributed by atoms with Gasteiger partial charge in [-0.25, -0.2) is 0 Å². The molecule has 0 aromatic heterocycles. The monoisotopic (exact) mass is 365 g/mol. The first-order chi connectivity index (χ1) is 11.5. The van der Waals surface area contributed by atoms with Crippen LogP contribution >= 0.6 is 23.2 Å². The zero-order chi connectivity index (χ0) is 17.3. The van der Waals surface area contributed by atoms with Crippen molar-refractivity contribution in [3.8, 4) is 11.5 Å². The van der Waals surface area contributed by atoms with Gasteiger partial charge in [0.1, 0.15) is 11.5 Å². The third-order valence-electron chi connectivity index (χ3n) is 3.71. The minimum Gasteiger partial charge on any atom is -0.497 e. The maximum absolute atomic E-state index is 12.4. The van der Waals surface area contributed by atoms with Crippen molar-refractivity contribution in [2.75, 3.05) is 12.0 Å². The first-order valence-electron chi connectivity index (χ1n) is 7.10. The SMILES string of the molecule is COc1ccc(N2C(=O)[C@@H](Oc3ccc(Cl)cc3)[C@H]2C(=O)Cl)cc1. The highest BCUT2D eigenvalue weighted by Gasteiger charge is 2.53. The van der Waals surface area contributed by atoms with Crippen LogP contribution in [0.5, 0.6) is 11.5 Å². The molecule has 1 aliphatic rings. The lowest BCUT2D eigenvalue weighted by molar-refractivity contribution is -0.139. The third-order valence-corrected chi connectivity index (χ3v) is 4.18. The van der Waals surface area contributed by atoms with Crippen molar-refractivity contribution < 1.29 is 19.1 Å². The Labute approximate surface area is 148 Å². The van der Waals surface area contributed by atoms with E-state index in [1.54, 1.807) is 55.6 Å². The molecule has 1 amide bonds. The largest absolute Gasteiger partial charge is 0.497 e. The molecule has 0 N–H and O–H groups in total. The van der Waals surface area contributed by atoms with Gasteiger partial charge in [-0.2, -0.15) is 0 Å². The maximum Gasteiger partial charge on any atom is 0.271 e. The molecule has 2 aromatic rings. The number of hydrogen-bond donors (Lipinski definition) is 0. The summed E-state index contributed by atoms with van der Waals surface area (Å²) in [5, 5.41) is -0.114. The van der Waals surface area contributed by atoms with E-state index in [4.69, 9.17) is 32.7 Å². The van der Waals surface area contributed by atoms with Crippen molar-refractivity contribution in [1.82, 2.24) is 0 Å². The zero-order valence-electron chi connectivity index (χ0n) is 12.6. The molecular weight excluding hydrogens is 353 g/mol. The standard InChI is InChI=1S/C17H13Cl2NO4/c1-23-12-8-4-11(5-9-12)20-14(16(19)21)15(17(20)22)24-13-6-2-10(18)3-7-13/h2-9,14-15H,1H3/t14-,15-/m0/s1. The molecule has 0 unspecified atom stereocenters. The summed E-state index contributed by atoms with van der Waals surface area (Å²) < 4.78 is 10.7. The van der Waals surface area contributed by atoms with Gasteiger partial charge in [0.2, 0.25) is 11.3 Å².